The molecule has 2 nitrogen and oxygen atoms in total. The van der Waals surface area contributed by atoms with E-state index in [9.17, 15) is 4.21 Å². The first-order valence-corrected chi connectivity index (χ1v) is 5.73. The second-order valence-electron chi connectivity index (χ2n) is 3.34. The fourth-order valence-corrected chi connectivity index (χ4v) is 2.90. The van der Waals surface area contributed by atoms with Crippen LogP contribution >= 0.6 is 0 Å². The Morgan fingerprint density at radius 3 is 3.07 bits per heavy atom. The number of fused-ring (bicyclic) bond motifs is 2. The van der Waals surface area contributed by atoms with E-state index < -0.39 is 10.8 Å². The molecule has 0 amide bonds. The molecule has 1 atom stereocenters. The van der Waals surface area contributed by atoms with Crippen LogP contribution in [0.25, 0.3) is 5.57 Å². The van der Waals surface area contributed by atoms with Crippen LogP contribution < -0.4 is 5.32 Å². The molecule has 1 aromatic carbocycles. The molecule has 1 aromatic rings. The van der Waals surface area contributed by atoms with Gasteiger partial charge in [0.05, 0.1) is 10.8 Å². The zero-order valence-corrected chi connectivity index (χ0v) is 8.30. The lowest BCUT2D eigenvalue weighted by Gasteiger charge is -2.19. The molecule has 0 aromatic heterocycles. The van der Waals surface area contributed by atoms with Crippen molar-refractivity contribution in [2.24, 2.45) is 0 Å². The number of anilines is 1. The molecule has 1 N–H and O–H groups in total. The molecule has 0 bridgehead atoms. The number of nitrogens with one attached hydrogen (secondary N) is 1. The number of hydrogen-bond donors (Lipinski definition) is 1. The summed E-state index contributed by atoms with van der Waals surface area (Å²) >= 11 is 0. The van der Waals surface area contributed by atoms with Crippen LogP contribution in [-0.4, -0.2) is 10.8 Å². The summed E-state index contributed by atoms with van der Waals surface area (Å²) in [5, 5.41) is 5.03. The molecule has 0 saturated heterocycles. The van der Waals surface area contributed by atoms with Gasteiger partial charge in [0.15, 0.2) is 0 Å². The highest BCUT2D eigenvalue weighted by Gasteiger charge is 2.23. The van der Waals surface area contributed by atoms with E-state index in [4.69, 9.17) is 0 Å². The highest BCUT2D eigenvalue weighted by molar-refractivity contribution is 7.92. The molecule has 0 saturated carbocycles. The Kier molecular flexibility index (Phi) is 1.61. The van der Waals surface area contributed by atoms with Crippen LogP contribution in [0.2, 0.25) is 0 Å². The topological polar surface area (TPSA) is 29.1 Å². The molecule has 2 aliphatic rings. The van der Waals surface area contributed by atoms with E-state index in [1.54, 1.807) is 5.41 Å². The lowest BCUT2D eigenvalue weighted by atomic mass is 10.0. The minimum atomic E-state index is -0.910. The maximum atomic E-state index is 11.5. The average molecular weight is 203 g/mol. The highest BCUT2D eigenvalue weighted by atomic mass is 32.2. The Morgan fingerprint density at radius 2 is 2.14 bits per heavy atom. The van der Waals surface area contributed by atoms with Crippen molar-refractivity contribution in [2.45, 2.75) is 0 Å². The monoisotopic (exact) mass is 203 g/mol. The predicted octanol–water partition coefficient (Wildman–Crippen LogP) is 2.10. The molecule has 0 fully saturated rings. The van der Waals surface area contributed by atoms with Crippen LogP contribution in [0.3, 0.4) is 0 Å². The van der Waals surface area contributed by atoms with Crippen LogP contribution in [0.5, 0.6) is 0 Å². The fraction of sp³-hybridized carbons (Fsp3) is 0.0909. The first kappa shape index (κ1) is 8.00. The summed E-state index contributed by atoms with van der Waals surface area (Å²) < 4.78 is 11.5. The summed E-state index contributed by atoms with van der Waals surface area (Å²) in [6.45, 7) is 0.700. The van der Waals surface area contributed by atoms with Gasteiger partial charge in [-0.25, -0.2) is 4.21 Å². The SMILES string of the molecule is O=S1C=CC2=C1CNc1ccccc12. The minimum Gasteiger partial charge on any atom is -0.380 e. The van der Waals surface area contributed by atoms with Gasteiger partial charge in [0, 0.05) is 28.1 Å². The van der Waals surface area contributed by atoms with Crippen LogP contribution in [0.15, 0.2) is 40.7 Å². The Bertz CT molecular complexity index is 488. The van der Waals surface area contributed by atoms with E-state index in [-0.39, 0.29) is 0 Å². The molecule has 0 aliphatic carbocycles. The van der Waals surface area contributed by atoms with E-state index in [1.807, 2.05) is 24.3 Å². The summed E-state index contributed by atoms with van der Waals surface area (Å²) in [5.41, 5.74) is 3.43. The van der Waals surface area contributed by atoms with Crippen LogP contribution in [-0.2, 0) is 10.8 Å². The van der Waals surface area contributed by atoms with Crippen molar-refractivity contribution in [1.82, 2.24) is 0 Å². The van der Waals surface area contributed by atoms with Gasteiger partial charge in [-0.3, -0.25) is 0 Å². The Hall–Kier alpha value is -1.35. The number of rotatable bonds is 0. The molecule has 70 valence electrons. The number of para-hydroxylation sites is 1. The Labute approximate surface area is 84.8 Å². The van der Waals surface area contributed by atoms with E-state index in [2.05, 4.69) is 11.4 Å². The number of hydrogen-bond acceptors (Lipinski definition) is 2. The summed E-state index contributed by atoms with van der Waals surface area (Å²) in [7, 11) is -0.910. The summed E-state index contributed by atoms with van der Waals surface area (Å²) in [4.78, 5) is 1.00. The van der Waals surface area contributed by atoms with Gasteiger partial charge in [0.1, 0.15) is 0 Å². The molecule has 3 rings (SSSR count). The maximum Gasteiger partial charge on any atom is 0.0759 e. The van der Waals surface area contributed by atoms with Gasteiger partial charge in [-0.15, -0.1) is 0 Å². The smallest absolute Gasteiger partial charge is 0.0759 e. The van der Waals surface area contributed by atoms with Crippen molar-refractivity contribution in [2.75, 3.05) is 11.9 Å². The third-order valence-electron chi connectivity index (χ3n) is 2.56. The van der Waals surface area contributed by atoms with Crippen LogP contribution in [0.1, 0.15) is 5.56 Å². The lowest BCUT2D eigenvalue weighted by molar-refractivity contribution is 0.692. The Morgan fingerprint density at radius 1 is 1.29 bits per heavy atom. The van der Waals surface area contributed by atoms with Crippen molar-refractivity contribution >= 4 is 22.1 Å². The quantitative estimate of drug-likeness (QED) is 0.699. The molecule has 14 heavy (non-hydrogen) atoms. The van der Waals surface area contributed by atoms with Crippen LogP contribution in [0, 0.1) is 0 Å². The fourth-order valence-electron chi connectivity index (χ4n) is 1.87. The van der Waals surface area contributed by atoms with E-state index >= 15 is 0 Å². The zero-order valence-electron chi connectivity index (χ0n) is 7.49. The lowest BCUT2D eigenvalue weighted by Crippen LogP contribution is -2.13. The molecule has 1 unspecified atom stereocenters. The first-order valence-electron chi connectivity index (χ1n) is 4.51. The Balaban J connectivity index is 2.25. The van der Waals surface area contributed by atoms with Crippen molar-refractivity contribution in [3.05, 3.63) is 46.2 Å². The molecule has 2 aliphatic heterocycles. The largest absolute Gasteiger partial charge is 0.380 e. The number of allylic oxidation sites excluding steroid dienone is 2. The third kappa shape index (κ3) is 0.990. The second-order valence-corrected chi connectivity index (χ2v) is 4.70. The molecular formula is C11H9NOS. The van der Waals surface area contributed by atoms with Gasteiger partial charge in [-0.05, 0) is 17.7 Å². The predicted molar refractivity (Wildman–Crippen MR) is 59.1 cm³/mol. The summed E-state index contributed by atoms with van der Waals surface area (Å²) in [5.74, 6) is 0. The van der Waals surface area contributed by atoms with E-state index in [0.29, 0.717) is 6.54 Å². The highest BCUT2D eigenvalue weighted by Crippen LogP contribution is 2.36. The van der Waals surface area contributed by atoms with Crippen molar-refractivity contribution in [3.8, 4) is 0 Å². The zero-order chi connectivity index (χ0) is 9.54. The molecule has 2 heterocycles. The van der Waals surface area contributed by atoms with Gasteiger partial charge >= 0.3 is 0 Å². The van der Waals surface area contributed by atoms with Crippen molar-refractivity contribution in [1.29, 1.82) is 0 Å². The van der Waals surface area contributed by atoms with Crippen molar-refractivity contribution in [3.63, 3.8) is 0 Å². The molecule has 3 heteroatoms. The molecule has 0 spiro atoms. The van der Waals surface area contributed by atoms with E-state index in [0.717, 1.165) is 21.7 Å². The maximum absolute atomic E-state index is 11.5. The minimum absolute atomic E-state index is 0.700. The van der Waals surface area contributed by atoms with Gasteiger partial charge < -0.3 is 5.32 Å². The standard InChI is InChI=1S/C11H9NOS/c13-14-6-5-9-8-3-1-2-4-10(8)12-7-11(9)14/h1-6,12H,7H2. The summed E-state index contributed by atoms with van der Waals surface area (Å²) in [6.07, 6.45) is 1.96. The van der Waals surface area contributed by atoms with Gasteiger partial charge in [0.25, 0.3) is 0 Å². The molecule has 0 radical (unpaired) electrons. The number of benzene rings is 1. The second kappa shape index (κ2) is 2.82. The summed E-state index contributed by atoms with van der Waals surface area (Å²) in [6, 6.07) is 8.12. The normalized spacial score (nSPS) is 23.0. The van der Waals surface area contributed by atoms with Gasteiger partial charge in [-0.1, -0.05) is 18.2 Å². The van der Waals surface area contributed by atoms with Gasteiger partial charge in [-0.2, -0.15) is 0 Å². The van der Waals surface area contributed by atoms with E-state index in [1.165, 1.54) is 0 Å². The van der Waals surface area contributed by atoms with Crippen molar-refractivity contribution < 1.29 is 4.21 Å². The van der Waals surface area contributed by atoms with Gasteiger partial charge in [0.2, 0.25) is 0 Å². The third-order valence-corrected chi connectivity index (χ3v) is 3.79. The van der Waals surface area contributed by atoms with Crippen LogP contribution in [0.4, 0.5) is 5.69 Å². The first-order chi connectivity index (χ1) is 6.86. The molecular weight excluding hydrogens is 194 g/mol. The average Bonchev–Trinajstić information content (AvgIpc) is 2.61.